The summed E-state index contributed by atoms with van der Waals surface area (Å²) in [6, 6.07) is -1.03. The lowest BCUT2D eigenvalue weighted by Gasteiger charge is -2.48. The number of amides is 2. The highest BCUT2D eigenvalue weighted by Gasteiger charge is 2.54. The predicted octanol–water partition coefficient (Wildman–Crippen LogP) is -0.534. The maximum atomic E-state index is 12.7. The van der Waals surface area contributed by atoms with Gasteiger partial charge in [0, 0.05) is 11.1 Å². The average Bonchev–Trinajstić information content (AvgIpc) is 3.08. The van der Waals surface area contributed by atoms with E-state index in [1.807, 2.05) is 0 Å². The number of fused-ring (bicyclic) bond motifs is 1. The van der Waals surface area contributed by atoms with Crippen LogP contribution in [0.5, 0.6) is 0 Å². The molecule has 15 heteroatoms. The quantitative estimate of drug-likeness (QED) is 0.233. The summed E-state index contributed by atoms with van der Waals surface area (Å²) < 4.78 is 0. The van der Waals surface area contributed by atoms with Gasteiger partial charge in [0.2, 0.25) is 6.61 Å². The third-order valence-corrected chi connectivity index (χ3v) is 6.16. The summed E-state index contributed by atoms with van der Waals surface area (Å²) in [4.78, 5) is 56.5. The van der Waals surface area contributed by atoms with E-state index in [0.717, 1.165) is 16.2 Å². The van der Waals surface area contributed by atoms with Gasteiger partial charge in [0.1, 0.15) is 22.8 Å². The van der Waals surface area contributed by atoms with Crippen LogP contribution in [-0.2, 0) is 24.0 Å². The maximum absolute atomic E-state index is 12.7. The number of carboxylic acids is 2. The van der Waals surface area contributed by atoms with Gasteiger partial charge in [-0.1, -0.05) is 16.8 Å². The summed E-state index contributed by atoms with van der Waals surface area (Å²) in [5.74, 6) is -4.01. The Hall–Kier alpha value is -2.84. The van der Waals surface area contributed by atoms with Gasteiger partial charge >= 0.3 is 11.9 Å². The Balaban J connectivity index is 1.78. The van der Waals surface area contributed by atoms with Crippen LogP contribution in [0.1, 0.15) is 5.69 Å². The minimum absolute atomic E-state index is 0.0270. The van der Waals surface area contributed by atoms with Crippen molar-refractivity contribution < 1.29 is 34.2 Å². The molecule has 1 aromatic rings. The molecule has 2 amide bonds. The fourth-order valence-electron chi connectivity index (χ4n) is 2.54. The van der Waals surface area contributed by atoms with Crippen LogP contribution in [0.2, 0.25) is 0 Å². The predicted molar refractivity (Wildman–Crippen MR) is 102 cm³/mol. The Morgan fingerprint density at radius 1 is 1.45 bits per heavy atom. The standard InChI is InChI=1S/C14H12ClN5O7S2/c15-4-2-28-12-8(11(24)20(12)9(4)13(25)26)18-10(23)7(19-27-1-6(21)22)5-3-29-14(16)17-5/h3,8,12H,1-2H2,(H2,16,17)(H,18,23)(H,21,22)(H,25,26)/t8?,12-/m0/s1. The van der Waals surface area contributed by atoms with Crippen LogP contribution in [-0.4, -0.2) is 73.3 Å². The molecule has 29 heavy (non-hydrogen) atoms. The summed E-state index contributed by atoms with van der Waals surface area (Å²) in [6.45, 7) is -0.795. The minimum atomic E-state index is -1.35. The van der Waals surface area contributed by atoms with Crippen molar-refractivity contribution in [3.63, 3.8) is 0 Å². The lowest BCUT2D eigenvalue weighted by Crippen LogP contribution is -2.71. The van der Waals surface area contributed by atoms with Crippen molar-refractivity contribution in [2.75, 3.05) is 18.1 Å². The number of thioether (sulfide) groups is 1. The molecule has 1 fully saturated rings. The molecule has 0 spiro atoms. The summed E-state index contributed by atoms with van der Waals surface area (Å²) in [5.41, 5.74) is 4.88. The first-order chi connectivity index (χ1) is 13.7. The molecule has 0 aliphatic carbocycles. The second-order valence-corrected chi connectivity index (χ2v) is 8.05. The Kier molecular flexibility index (Phi) is 5.95. The molecule has 5 N–H and O–H groups in total. The number of carboxylic acid groups (broad SMARTS) is 2. The van der Waals surface area contributed by atoms with E-state index in [4.69, 9.17) is 22.4 Å². The number of aromatic nitrogens is 1. The fraction of sp³-hybridized carbons (Fsp3) is 0.286. The van der Waals surface area contributed by atoms with Crippen molar-refractivity contribution in [3.8, 4) is 0 Å². The zero-order chi connectivity index (χ0) is 21.3. The number of aliphatic carboxylic acids is 2. The molecule has 154 valence electrons. The molecule has 2 aliphatic rings. The Morgan fingerprint density at radius 3 is 2.76 bits per heavy atom. The highest BCUT2D eigenvalue weighted by atomic mass is 35.5. The number of nitrogens with zero attached hydrogens (tertiary/aromatic N) is 3. The molecule has 2 aliphatic heterocycles. The molecule has 1 unspecified atom stereocenters. The van der Waals surface area contributed by atoms with Crippen molar-refractivity contribution in [2.24, 2.45) is 5.16 Å². The molecular formula is C14H12ClN5O7S2. The topological polar surface area (TPSA) is 185 Å². The third kappa shape index (κ3) is 4.13. The van der Waals surface area contributed by atoms with Gasteiger partial charge in [-0.15, -0.1) is 23.1 Å². The number of thiazole rings is 1. The number of rotatable bonds is 7. The van der Waals surface area contributed by atoms with E-state index in [1.165, 1.54) is 17.1 Å². The number of hydrogen-bond acceptors (Lipinski definition) is 10. The highest BCUT2D eigenvalue weighted by Crippen LogP contribution is 2.41. The first-order valence-electron chi connectivity index (χ1n) is 7.71. The van der Waals surface area contributed by atoms with Crippen LogP contribution < -0.4 is 11.1 Å². The summed E-state index contributed by atoms with van der Waals surface area (Å²) >= 11 is 8.10. The fourth-order valence-corrected chi connectivity index (χ4v) is 4.64. The monoisotopic (exact) mass is 461 g/mol. The number of halogens is 1. The largest absolute Gasteiger partial charge is 0.479 e. The van der Waals surface area contributed by atoms with Gasteiger partial charge in [-0.05, 0) is 0 Å². The lowest BCUT2D eigenvalue weighted by atomic mass is 10.0. The van der Waals surface area contributed by atoms with Gasteiger partial charge in [-0.25, -0.2) is 14.6 Å². The van der Waals surface area contributed by atoms with Gasteiger partial charge in [-0.3, -0.25) is 14.5 Å². The van der Waals surface area contributed by atoms with Gasteiger partial charge in [0.05, 0.1) is 5.03 Å². The Labute approximate surface area is 175 Å². The molecule has 3 rings (SSSR count). The molecular weight excluding hydrogens is 450 g/mol. The van der Waals surface area contributed by atoms with E-state index in [2.05, 4.69) is 20.3 Å². The molecule has 0 aromatic carbocycles. The van der Waals surface area contributed by atoms with Crippen LogP contribution in [0.15, 0.2) is 21.3 Å². The van der Waals surface area contributed by atoms with Crippen molar-refractivity contribution >= 4 is 69.3 Å². The third-order valence-electron chi connectivity index (χ3n) is 3.73. The molecule has 1 saturated heterocycles. The lowest BCUT2D eigenvalue weighted by molar-refractivity contribution is -0.150. The van der Waals surface area contributed by atoms with Gasteiger partial charge < -0.3 is 26.1 Å². The molecule has 2 atom stereocenters. The van der Waals surface area contributed by atoms with E-state index in [9.17, 15) is 24.3 Å². The molecule has 3 heterocycles. The smallest absolute Gasteiger partial charge is 0.353 e. The number of oxime groups is 1. The summed E-state index contributed by atoms with van der Waals surface area (Å²) in [6.07, 6.45) is 0. The number of anilines is 1. The second kappa shape index (κ2) is 8.26. The van der Waals surface area contributed by atoms with Crippen LogP contribution in [0.25, 0.3) is 0 Å². The SMILES string of the molecule is Nc1nc(C(=NOCC(=O)O)C(=O)NC2C(=O)N3C(C(=O)O)=C(Cl)CS[C@@H]23)cs1. The van der Waals surface area contributed by atoms with Gasteiger partial charge in [0.25, 0.3) is 11.8 Å². The van der Waals surface area contributed by atoms with Crippen molar-refractivity contribution in [2.45, 2.75) is 11.4 Å². The van der Waals surface area contributed by atoms with Crippen LogP contribution in [0, 0.1) is 0 Å². The first-order valence-corrected chi connectivity index (χ1v) is 10.0. The second-order valence-electron chi connectivity index (χ2n) is 5.60. The first kappa shape index (κ1) is 20.9. The van der Waals surface area contributed by atoms with Crippen molar-refractivity contribution in [1.29, 1.82) is 0 Å². The normalized spacial score (nSPS) is 21.3. The number of β-lactam (4-membered cyclic amide) rings is 1. The molecule has 0 saturated carbocycles. The molecule has 0 bridgehead atoms. The van der Waals surface area contributed by atoms with Crippen LogP contribution in [0.4, 0.5) is 5.13 Å². The number of nitrogens with two attached hydrogens (primary N) is 1. The van der Waals surface area contributed by atoms with E-state index in [1.54, 1.807) is 0 Å². The zero-order valence-corrected chi connectivity index (χ0v) is 16.6. The van der Waals surface area contributed by atoms with Crippen LogP contribution in [0.3, 0.4) is 0 Å². The van der Waals surface area contributed by atoms with Crippen molar-refractivity contribution in [3.05, 3.63) is 21.8 Å². The van der Waals surface area contributed by atoms with E-state index in [0.29, 0.717) is 0 Å². The zero-order valence-electron chi connectivity index (χ0n) is 14.2. The van der Waals surface area contributed by atoms with Gasteiger partial charge in [0.15, 0.2) is 10.8 Å². The van der Waals surface area contributed by atoms with E-state index in [-0.39, 0.29) is 33.0 Å². The summed E-state index contributed by atoms with van der Waals surface area (Å²) in [7, 11) is 0. The Bertz CT molecular complexity index is 962. The number of carbonyl (C=O) groups is 4. The maximum Gasteiger partial charge on any atom is 0.353 e. The van der Waals surface area contributed by atoms with Gasteiger partial charge in [-0.2, -0.15) is 0 Å². The highest BCUT2D eigenvalue weighted by molar-refractivity contribution is 8.00. The number of carbonyl (C=O) groups excluding carboxylic acids is 2. The van der Waals surface area contributed by atoms with Crippen molar-refractivity contribution in [1.82, 2.24) is 15.2 Å². The van der Waals surface area contributed by atoms with E-state index < -0.39 is 41.8 Å². The average molecular weight is 462 g/mol. The number of nitrogen functional groups attached to an aromatic ring is 1. The molecule has 0 radical (unpaired) electrons. The Morgan fingerprint density at radius 2 is 2.17 bits per heavy atom. The van der Waals surface area contributed by atoms with Crippen LogP contribution >= 0.6 is 34.7 Å². The molecule has 1 aromatic heterocycles. The minimum Gasteiger partial charge on any atom is -0.479 e. The number of nitrogens with one attached hydrogen (secondary N) is 1. The van der Waals surface area contributed by atoms with E-state index >= 15 is 0 Å². The number of hydrogen-bond donors (Lipinski definition) is 4. The molecule has 12 nitrogen and oxygen atoms in total. The summed E-state index contributed by atoms with van der Waals surface area (Å²) in [5, 5.41) is 24.8.